The monoisotopic (exact) mass is 369 g/mol. The minimum atomic E-state index is -0.230. The SMILES string of the molecule is Cc1nc(NC(=O)c2ccc(N(C)C)cc2)sc1Cc1ccccc1F. The van der Waals surface area contributed by atoms with Gasteiger partial charge in [0, 0.05) is 36.6 Å². The van der Waals surface area contributed by atoms with Gasteiger partial charge in [-0.3, -0.25) is 10.1 Å². The van der Waals surface area contributed by atoms with Gasteiger partial charge in [0.15, 0.2) is 5.13 Å². The number of anilines is 2. The number of aryl methyl sites for hydroxylation is 1. The zero-order chi connectivity index (χ0) is 18.7. The maximum atomic E-state index is 13.8. The van der Waals surface area contributed by atoms with Crippen LogP contribution < -0.4 is 10.2 Å². The fourth-order valence-electron chi connectivity index (χ4n) is 2.54. The van der Waals surface area contributed by atoms with E-state index in [1.807, 2.05) is 44.1 Å². The molecule has 3 rings (SSSR count). The highest BCUT2D eigenvalue weighted by molar-refractivity contribution is 7.15. The summed E-state index contributed by atoms with van der Waals surface area (Å²) in [4.78, 5) is 19.7. The normalized spacial score (nSPS) is 10.6. The second-order valence-electron chi connectivity index (χ2n) is 6.19. The Balaban J connectivity index is 1.72. The van der Waals surface area contributed by atoms with Crippen molar-refractivity contribution < 1.29 is 9.18 Å². The van der Waals surface area contributed by atoms with E-state index in [2.05, 4.69) is 10.3 Å². The van der Waals surface area contributed by atoms with E-state index >= 15 is 0 Å². The lowest BCUT2D eigenvalue weighted by atomic mass is 10.1. The first kappa shape index (κ1) is 18.1. The molecule has 1 aromatic heterocycles. The van der Waals surface area contributed by atoms with Crippen molar-refractivity contribution in [2.24, 2.45) is 0 Å². The predicted octanol–water partition coefficient (Wildman–Crippen LogP) is 4.50. The summed E-state index contributed by atoms with van der Waals surface area (Å²) in [5.74, 6) is -0.437. The summed E-state index contributed by atoms with van der Waals surface area (Å²) >= 11 is 1.38. The smallest absolute Gasteiger partial charge is 0.257 e. The number of hydrogen-bond donors (Lipinski definition) is 1. The van der Waals surface area contributed by atoms with Gasteiger partial charge < -0.3 is 4.90 Å². The summed E-state index contributed by atoms with van der Waals surface area (Å²) in [6.45, 7) is 1.87. The van der Waals surface area contributed by atoms with E-state index in [1.165, 1.54) is 17.4 Å². The zero-order valence-electron chi connectivity index (χ0n) is 14.9. The zero-order valence-corrected chi connectivity index (χ0v) is 15.7. The number of amides is 1. The van der Waals surface area contributed by atoms with Crippen LogP contribution in [0.25, 0.3) is 0 Å². The van der Waals surface area contributed by atoms with Crippen LogP contribution in [0.1, 0.15) is 26.5 Å². The third-order valence-corrected chi connectivity index (χ3v) is 5.14. The minimum Gasteiger partial charge on any atom is -0.378 e. The van der Waals surface area contributed by atoms with Gasteiger partial charge in [0.25, 0.3) is 5.91 Å². The summed E-state index contributed by atoms with van der Waals surface area (Å²) in [6, 6.07) is 14.1. The van der Waals surface area contributed by atoms with Gasteiger partial charge in [-0.2, -0.15) is 0 Å². The lowest BCUT2D eigenvalue weighted by Gasteiger charge is -2.12. The highest BCUT2D eigenvalue weighted by atomic mass is 32.1. The molecule has 0 atom stereocenters. The van der Waals surface area contributed by atoms with Crippen molar-refractivity contribution in [1.82, 2.24) is 4.98 Å². The minimum absolute atomic E-state index is 0.207. The Hall–Kier alpha value is -2.73. The summed E-state index contributed by atoms with van der Waals surface area (Å²) < 4.78 is 13.8. The molecule has 0 aliphatic heterocycles. The second-order valence-corrected chi connectivity index (χ2v) is 7.27. The van der Waals surface area contributed by atoms with Crippen molar-refractivity contribution in [3.05, 3.63) is 76.0 Å². The predicted molar refractivity (Wildman–Crippen MR) is 105 cm³/mol. The maximum Gasteiger partial charge on any atom is 0.257 e. The van der Waals surface area contributed by atoms with Crippen LogP contribution in [-0.4, -0.2) is 25.0 Å². The van der Waals surface area contributed by atoms with E-state index in [0.29, 0.717) is 22.7 Å². The first-order chi connectivity index (χ1) is 12.4. The average Bonchev–Trinajstić information content (AvgIpc) is 2.96. The number of rotatable bonds is 5. The van der Waals surface area contributed by atoms with Crippen LogP contribution in [0, 0.1) is 12.7 Å². The molecule has 1 heterocycles. The van der Waals surface area contributed by atoms with E-state index < -0.39 is 0 Å². The van der Waals surface area contributed by atoms with E-state index in [-0.39, 0.29) is 11.7 Å². The highest BCUT2D eigenvalue weighted by Crippen LogP contribution is 2.26. The highest BCUT2D eigenvalue weighted by Gasteiger charge is 2.13. The van der Waals surface area contributed by atoms with E-state index in [9.17, 15) is 9.18 Å². The Kier molecular flexibility index (Phi) is 5.32. The summed E-state index contributed by atoms with van der Waals surface area (Å²) in [6.07, 6.45) is 0.462. The van der Waals surface area contributed by atoms with Crippen LogP contribution >= 0.6 is 11.3 Å². The third kappa shape index (κ3) is 4.08. The standard InChI is InChI=1S/C20H20FN3OS/c1-13-18(12-15-6-4-5-7-17(15)21)26-20(22-13)23-19(25)14-8-10-16(11-9-14)24(2)3/h4-11H,12H2,1-3H3,(H,22,23,25). The molecule has 3 aromatic rings. The van der Waals surface area contributed by atoms with E-state index in [4.69, 9.17) is 0 Å². The van der Waals surface area contributed by atoms with Crippen LogP contribution in [0.4, 0.5) is 15.2 Å². The fourth-order valence-corrected chi connectivity index (χ4v) is 3.52. The van der Waals surface area contributed by atoms with Gasteiger partial charge in [-0.1, -0.05) is 18.2 Å². The van der Waals surface area contributed by atoms with Crippen LogP contribution in [-0.2, 0) is 6.42 Å². The number of hydrogen-bond acceptors (Lipinski definition) is 4. The molecule has 0 bridgehead atoms. The molecule has 0 aliphatic carbocycles. The molecule has 0 spiro atoms. The molecule has 2 aromatic carbocycles. The summed E-state index contributed by atoms with van der Waals surface area (Å²) in [5.41, 5.74) is 3.02. The van der Waals surface area contributed by atoms with Gasteiger partial charge in [0.2, 0.25) is 0 Å². The number of nitrogens with one attached hydrogen (secondary N) is 1. The first-order valence-corrected chi connectivity index (χ1v) is 9.04. The fraction of sp³-hybridized carbons (Fsp3) is 0.200. The van der Waals surface area contributed by atoms with Crippen molar-refractivity contribution in [2.75, 3.05) is 24.3 Å². The Bertz CT molecular complexity index is 919. The van der Waals surface area contributed by atoms with Gasteiger partial charge in [-0.05, 0) is 42.8 Å². The van der Waals surface area contributed by atoms with Crippen molar-refractivity contribution in [3.63, 3.8) is 0 Å². The molecule has 26 heavy (non-hydrogen) atoms. The van der Waals surface area contributed by atoms with Gasteiger partial charge in [-0.15, -0.1) is 11.3 Å². The van der Waals surface area contributed by atoms with Crippen molar-refractivity contribution in [2.45, 2.75) is 13.3 Å². The lowest BCUT2D eigenvalue weighted by Crippen LogP contribution is -2.13. The first-order valence-electron chi connectivity index (χ1n) is 8.22. The molecule has 1 N–H and O–H groups in total. The molecule has 6 heteroatoms. The number of aromatic nitrogens is 1. The molecule has 0 unspecified atom stereocenters. The van der Waals surface area contributed by atoms with Gasteiger partial charge >= 0.3 is 0 Å². The molecular formula is C20H20FN3OS. The largest absolute Gasteiger partial charge is 0.378 e. The van der Waals surface area contributed by atoms with Gasteiger partial charge in [0.05, 0.1) is 5.69 Å². The Labute approximate surface area is 156 Å². The summed E-state index contributed by atoms with van der Waals surface area (Å²) in [5, 5.41) is 3.35. The van der Waals surface area contributed by atoms with Crippen molar-refractivity contribution in [1.29, 1.82) is 0 Å². The van der Waals surface area contributed by atoms with Crippen molar-refractivity contribution >= 4 is 28.1 Å². The Morgan fingerprint density at radius 2 is 1.85 bits per heavy atom. The second kappa shape index (κ2) is 7.66. The van der Waals surface area contributed by atoms with Gasteiger partial charge in [-0.25, -0.2) is 9.37 Å². The quantitative estimate of drug-likeness (QED) is 0.720. The van der Waals surface area contributed by atoms with Gasteiger partial charge in [0.1, 0.15) is 5.82 Å². The maximum absolute atomic E-state index is 13.8. The van der Waals surface area contributed by atoms with Crippen LogP contribution in [0.2, 0.25) is 0 Å². The molecule has 4 nitrogen and oxygen atoms in total. The molecule has 0 aliphatic rings. The van der Waals surface area contributed by atoms with E-state index in [0.717, 1.165) is 16.3 Å². The lowest BCUT2D eigenvalue weighted by molar-refractivity contribution is 0.102. The number of nitrogens with zero attached hydrogens (tertiary/aromatic N) is 2. The van der Waals surface area contributed by atoms with Crippen LogP contribution in [0.3, 0.4) is 0 Å². The molecule has 0 fully saturated rings. The topological polar surface area (TPSA) is 45.2 Å². The molecular weight excluding hydrogens is 349 g/mol. The van der Waals surface area contributed by atoms with Crippen LogP contribution in [0.15, 0.2) is 48.5 Å². The van der Waals surface area contributed by atoms with Crippen molar-refractivity contribution in [3.8, 4) is 0 Å². The number of benzene rings is 2. The Morgan fingerprint density at radius 1 is 1.15 bits per heavy atom. The number of carbonyl (C=O) groups excluding carboxylic acids is 1. The third-order valence-electron chi connectivity index (χ3n) is 4.07. The Morgan fingerprint density at radius 3 is 2.50 bits per heavy atom. The summed E-state index contributed by atoms with van der Waals surface area (Å²) in [7, 11) is 3.90. The number of halogens is 1. The molecule has 134 valence electrons. The molecule has 1 amide bonds. The number of thiazole rings is 1. The van der Waals surface area contributed by atoms with E-state index in [1.54, 1.807) is 24.3 Å². The van der Waals surface area contributed by atoms with Crippen LogP contribution in [0.5, 0.6) is 0 Å². The molecule has 0 saturated heterocycles. The molecule has 0 saturated carbocycles. The molecule has 0 radical (unpaired) electrons. The average molecular weight is 369 g/mol. The number of carbonyl (C=O) groups is 1.